The molecule has 0 spiro atoms. The van der Waals surface area contributed by atoms with Crippen molar-refractivity contribution in [1.82, 2.24) is 19.5 Å². The Morgan fingerprint density at radius 1 is 1.34 bits per heavy atom. The number of hydrogen-bond acceptors (Lipinski definition) is 8. The number of rotatable bonds is 8. The summed E-state index contributed by atoms with van der Waals surface area (Å²) < 4.78 is 23.4. The molecule has 0 saturated carbocycles. The highest BCUT2D eigenvalue weighted by atomic mass is 31.2. The fourth-order valence-electron chi connectivity index (χ4n) is 2.76. The van der Waals surface area contributed by atoms with Crippen LogP contribution in [0.3, 0.4) is 0 Å². The number of H-pyrrole nitrogens is 1. The number of imidazole rings is 1. The first-order chi connectivity index (χ1) is 13.7. The predicted molar refractivity (Wildman–Crippen MR) is 108 cm³/mol. The molecule has 0 fully saturated rings. The van der Waals surface area contributed by atoms with E-state index in [2.05, 4.69) is 19.5 Å². The molecule has 156 valence electrons. The highest BCUT2D eigenvalue weighted by Crippen LogP contribution is 2.44. The van der Waals surface area contributed by atoms with E-state index in [4.69, 9.17) is 16.2 Å². The Bertz CT molecular complexity index is 1130. The number of nitrogen functional groups attached to an aromatic ring is 1. The van der Waals surface area contributed by atoms with Gasteiger partial charge in [-0.2, -0.15) is 9.97 Å². The SMILES string of the molecule is COP(=O)(O)Cc1cccc(Cn2c(=O)[nH]c3c(N)nc(OC(C)CN)nc32)c1. The van der Waals surface area contributed by atoms with Crippen LogP contribution < -0.4 is 21.9 Å². The molecule has 3 aromatic rings. The first-order valence-electron chi connectivity index (χ1n) is 8.80. The second-order valence-electron chi connectivity index (χ2n) is 6.57. The average molecular weight is 422 g/mol. The van der Waals surface area contributed by atoms with Gasteiger partial charge >= 0.3 is 19.3 Å². The third-order valence-corrected chi connectivity index (χ3v) is 5.60. The van der Waals surface area contributed by atoms with Crippen LogP contribution in [0.2, 0.25) is 0 Å². The number of ether oxygens (including phenoxy) is 1. The van der Waals surface area contributed by atoms with Crippen molar-refractivity contribution in [3.63, 3.8) is 0 Å². The molecule has 0 amide bonds. The van der Waals surface area contributed by atoms with Crippen LogP contribution in [0.15, 0.2) is 29.1 Å². The van der Waals surface area contributed by atoms with Crippen molar-refractivity contribution in [2.75, 3.05) is 19.4 Å². The number of fused-ring (bicyclic) bond motifs is 1. The second kappa shape index (κ2) is 8.34. The van der Waals surface area contributed by atoms with E-state index in [9.17, 15) is 14.3 Å². The summed E-state index contributed by atoms with van der Waals surface area (Å²) in [7, 11) is -2.52. The highest BCUT2D eigenvalue weighted by molar-refractivity contribution is 7.51. The Kier molecular flexibility index (Phi) is 6.04. The summed E-state index contributed by atoms with van der Waals surface area (Å²) in [6, 6.07) is 6.99. The number of aromatic nitrogens is 4. The van der Waals surface area contributed by atoms with Gasteiger partial charge in [0.25, 0.3) is 0 Å². The quantitative estimate of drug-likeness (QED) is 0.383. The predicted octanol–water partition coefficient (Wildman–Crippen LogP) is 0.808. The number of nitrogens with zero attached hydrogens (tertiary/aromatic N) is 3. The van der Waals surface area contributed by atoms with E-state index in [1.54, 1.807) is 31.2 Å². The molecule has 0 radical (unpaired) electrons. The number of nitrogens with one attached hydrogen (secondary N) is 1. The molecular weight excluding hydrogens is 399 g/mol. The lowest BCUT2D eigenvalue weighted by Gasteiger charge is -2.12. The summed E-state index contributed by atoms with van der Waals surface area (Å²) in [6.45, 7) is 2.20. The first-order valence-corrected chi connectivity index (χ1v) is 10.6. The van der Waals surface area contributed by atoms with Gasteiger partial charge in [0, 0.05) is 13.7 Å². The lowest BCUT2D eigenvalue weighted by molar-refractivity contribution is 0.212. The van der Waals surface area contributed by atoms with E-state index >= 15 is 0 Å². The monoisotopic (exact) mass is 422 g/mol. The zero-order valence-corrected chi connectivity index (χ0v) is 16.9. The van der Waals surface area contributed by atoms with Gasteiger partial charge in [0.05, 0.1) is 12.7 Å². The van der Waals surface area contributed by atoms with E-state index in [0.29, 0.717) is 11.1 Å². The van der Waals surface area contributed by atoms with E-state index in [-0.39, 0.29) is 42.8 Å². The molecule has 12 heteroatoms. The van der Waals surface area contributed by atoms with Crippen LogP contribution in [-0.4, -0.2) is 44.2 Å². The van der Waals surface area contributed by atoms with Gasteiger partial charge in [-0.3, -0.25) is 9.13 Å². The van der Waals surface area contributed by atoms with Gasteiger partial charge in [-0.25, -0.2) is 4.79 Å². The van der Waals surface area contributed by atoms with Crippen molar-refractivity contribution in [2.24, 2.45) is 5.73 Å². The Morgan fingerprint density at radius 3 is 2.76 bits per heavy atom. The fraction of sp³-hybridized carbons (Fsp3) is 0.353. The molecular formula is C17H23N6O5P. The third-order valence-electron chi connectivity index (χ3n) is 4.27. The zero-order chi connectivity index (χ0) is 21.2. The van der Waals surface area contributed by atoms with Gasteiger partial charge < -0.3 is 30.6 Å². The maximum atomic E-state index is 12.5. The number of anilines is 1. The molecule has 6 N–H and O–H groups in total. The normalized spacial score (nSPS) is 14.6. The number of nitrogens with two attached hydrogens (primary N) is 2. The van der Waals surface area contributed by atoms with Crippen molar-refractivity contribution >= 4 is 24.6 Å². The van der Waals surface area contributed by atoms with Gasteiger partial charge in [0.1, 0.15) is 11.6 Å². The second-order valence-corrected chi connectivity index (χ2v) is 8.52. The molecule has 3 rings (SSSR count). The van der Waals surface area contributed by atoms with Crippen LogP contribution in [0.25, 0.3) is 11.2 Å². The smallest absolute Gasteiger partial charge is 0.332 e. The number of hydrogen-bond donors (Lipinski definition) is 4. The van der Waals surface area contributed by atoms with Gasteiger partial charge in [-0.05, 0) is 18.1 Å². The van der Waals surface area contributed by atoms with Crippen LogP contribution in [0, 0.1) is 0 Å². The Balaban J connectivity index is 1.97. The minimum Gasteiger partial charge on any atom is -0.459 e. The standard InChI is InChI=1S/C17H23N6O5P/c1-10(7-18)28-16-21-14(19)13-15(22-16)23(17(24)20-13)8-11-4-3-5-12(6-11)9-29(25,26)27-2/h3-6,10H,7-9,18H2,1-2H3,(H,20,24)(H,25,26)(H2,19,21,22). The lowest BCUT2D eigenvalue weighted by atomic mass is 10.1. The van der Waals surface area contributed by atoms with Gasteiger partial charge in [0.2, 0.25) is 0 Å². The van der Waals surface area contributed by atoms with Crippen LogP contribution in [0.4, 0.5) is 5.82 Å². The minimum atomic E-state index is -3.70. The van der Waals surface area contributed by atoms with Gasteiger partial charge in [0.15, 0.2) is 11.5 Å². The molecule has 0 aliphatic carbocycles. The van der Waals surface area contributed by atoms with Gasteiger partial charge in [-0.1, -0.05) is 24.3 Å². The average Bonchev–Trinajstić information content (AvgIpc) is 2.98. The largest absolute Gasteiger partial charge is 0.459 e. The summed E-state index contributed by atoms with van der Waals surface area (Å²) in [4.78, 5) is 33.1. The molecule has 1 aromatic carbocycles. The third kappa shape index (κ3) is 4.83. The molecule has 0 saturated heterocycles. The van der Waals surface area contributed by atoms with Crippen LogP contribution in [0.5, 0.6) is 6.01 Å². The van der Waals surface area contributed by atoms with E-state index in [0.717, 1.165) is 5.56 Å². The molecule has 2 atom stereocenters. The molecule has 0 aliphatic heterocycles. The summed E-state index contributed by atoms with van der Waals surface area (Å²) in [5.41, 5.74) is 13.0. The molecule has 2 unspecified atom stereocenters. The minimum absolute atomic E-state index is 0.0239. The molecule has 0 bridgehead atoms. The topological polar surface area (TPSA) is 171 Å². The lowest BCUT2D eigenvalue weighted by Crippen LogP contribution is -2.24. The van der Waals surface area contributed by atoms with E-state index < -0.39 is 13.3 Å². The zero-order valence-electron chi connectivity index (χ0n) is 16.0. The van der Waals surface area contributed by atoms with Crippen molar-refractivity contribution in [1.29, 1.82) is 0 Å². The van der Waals surface area contributed by atoms with Crippen molar-refractivity contribution in [2.45, 2.75) is 25.7 Å². The highest BCUT2D eigenvalue weighted by Gasteiger charge is 2.19. The Morgan fingerprint density at radius 2 is 2.07 bits per heavy atom. The maximum absolute atomic E-state index is 12.5. The van der Waals surface area contributed by atoms with E-state index in [1.165, 1.54) is 11.7 Å². The van der Waals surface area contributed by atoms with Crippen molar-refractivity contribution < 1.29 is 18.7 Å². The summed E-state index contributed by atoms with van der Waals surface area (Å²) >= 11 is 0. The van der Waals surface area contributed by atoms with Crippen molar-refractivity contribution in [3.8, 4) is 6.01 Å². The number of aromatic amines is 1. The first kappa shape index (κ1) is 21.0. The van der Waals surface area contributed by atoms with E-state index in [1.807, 2.05) is 0 Å². The fourth-order valence-corrected chi connectivity index (χ4v) is 3.55. The Hall–Kier alpha value is -2.72. The van der Waals surface area contributed by atoms with Crippen LogP contribution in [-0.2, 0) is 21.8 Å². The molecule has 11 nitrogen and oxygen atoms in total. The molecule has 29 heavy (non-hydrogen) atoms. The van der Waals surface area contributed by atoms with Crippen LogP contribution >= 0.6 is 7.60 Å². The summed E-state index contributed by atoms with van der Waals surface area (Å²) in [5, 5.41) is 0. The van der Waals surface area contributed by atoms with Gasteiger partial charge in [-0.15, -0.1) is 0 Å². The molecule has 0 aliphatic rings. The molecule has 2 heterocycles. The summed E-state index contributed by atoms with van der Waals surface area (Å²) in [6.07, 6.45) is -0.456. The number of benzene rings is 1. The Labute approximate surface area is 166 Å². The molecule has 2 aromatic heterocycles. The maximum Gasteiger partial charge on any atom is 0.332 e. The summed E-state index contributed by atoms with van der Waals surface area (Å²) in [5.74, 6) is 0.0835. The van der Waals surface area contributed by atoms with Crippen LogP contribution in [0.1, 0.15) is 18.1 Å². The van der Waals surface area contributed by atoms with Crippen molar-refractivity contribution in [3.05, 3.63) is 45.9 Å².